The van der Waals surface area contributed by atoms with Crippen LogP contribution < -0.4 is 0 Å². The number of fused-ring (bicyclic) bond motifs is 1. The summed E-state index contributed by atoms with van der Waals surface area (Å²) in [5, 5.41) is 11.4. The van der Waals surface area contributed by atoms with E-state index >= 15 is 0 Å². The molecule has 0 spiro atoms. The van der Waals surface area contributed by atoms with Crippen molar-refractivity contribution >= 4 is 22.6 Å². The first-order valence-corrected chi connectivity index (χ1v) is 6.72. The minimum atomic E-state index is -1.03. The van der Waals surface area contributed by atoms with Crippen LogP contribution in [0.4, 0.5) is 8.78 Å². The average molecular weight is 309 g/mol. The minimum absolute atomic E-state index is 0.0104. The lowest BCUT2D eigenvalue weighted by atomic mass is 10.1. The van der Waals surface area contributed by atoms with Crippen molar-refractivity contribution in [1.82, 2.24) is 0 Å². The molecule has 5 heteroatoms. The number of hydrogen-bond acceptors (Lipinski definition) is 2. The summed E-state index contributed by atoms with van der Waals surface area (Å²) in [5.74, 6) is -1.05. The second-order valence-corrected chi connectivity index (χ2v) is 5.17. The van der Waals surface area contributed by atoms with Crippen LogP contribution in [0, 0.1) is 11.6 Å². The first-order chi connectivity index (χ1) is 10.0. The van der Waals surface area contributed by atoms with Gasteiger partial charge in [0.25, 0.3) is 0 Å². The fourth-order valence-corrected chi connectivity index (χ4v) is 2.43. The molecule has 0 aliphatic rings. The van der Waals surface area contributed by atoms with Crippen molar-refractivity contribution in [3.05, 3.63) is 70.4 Å². The maximum absolute atomic E-state index is 13.6. The highest BCUT2D eigenvalue weighted by molar-refractivity contribution is 6.34. The standard InChI is InChI=1S/C16H11ClF2O2/c17-12-3-1-2-10-7-15(21-16(10)12)14(20)6-9-4-5-11(18)8-13(9)19/h1-5,7-8,14,20H,6H2. The van der Waals surface area contributed by atoms with Crippen LogP contribution in [0.15, 0.2) is 46.9 Å². The minimum Gasteiger partial charge on any atom is -0.457 e. The van der Waals surface area contributed by atoms with E-state index in [9.17, 15) is 13.9 Å². The van der Waals surface area contributed by atoms with Crippen LogP contribution in [-0.2, 0) is 6.42 Å². The highest BCUT2D eigenvalue weighted by Crippen LogP contribution is 2.30. The van der Waals surface area contributed by atoms with Gasteiger partial charge in [-0.15, -0.1) is 0 Å². The fourth-order valence-electron chi connectivity index (χ4n) is 2.21. The van der Waals surface area contributed by atoms with Crippen molar-refractivity contribution in [3.8, 4) is 0 Å². The predicted octanol–water partition coefficient (Wildman–Crippen LogP) is 4.64. The first-order valence-electron chi connectivity index (χ1n) is 6.34. The zero-order chi connectivity index (χ0) is 15.0. The summed E-state index contributed by atoms with van der Waals surface area (Å²) >= 11 is 6.00. The third kappa shape index (κ3) is 2.77. The molecule has 108 valence electrons. The van der Waals surface area contributed by atoms with Crippen LogP contribution >= 0.6 is 11.6 Å². The van der Waals surface area contributed by atoms with E-state index in [1.165, 1.54) is 6.07 Å². The Balaban J connectivity index is 1.90. The number of aliphatic hydroxyl groups is 1. The van der Waals surface area contributed by atoms with E-state index in [0.717, 1.165) is 17.5 Å². The van der Waals surface area contributed by atoms with E-state index < -0.39 is 17.7 Å². The number of para-hydroxylation sites is 1. The first kappa shape index (κ1) is 14.0. The quantitative estimate of drug-likeness (QED) is 0.764. The summed E-state index contributed by atoms with van der Waals surface area (Å²) < 4.78 is 32.0. The van der Waals surface area contributed by atoms with Gasteiger partial charge in [-0.1, -0.05) is 29.8 Å². The molecule has 1 aromatic heterocycles. The Hall–Kier alpha value is -1.91. The lowest BCUT2D eigenvalue weighted by molar-refractivity contribution is 0.151. The summed E-state index contributed by atoms with van der Waals surface area (Å²) in [6, 6.07) is 10.2. The van der Waals surface area contributed by atoms with Crippen molar-refractivity contribution in [2.75, 3.05) is 0 Å². The number of halogens is 3. The van der Waals surface area contributed by atoms with Gasteiger partial charge in [-0.05, 0) is 23.8 Å². The Kier molecular flexibility index (Phi) is 3.66. The zero-order valence-electron chi connectivity index (χ0n) is 10.8. The topological polar surface area (TPSA) is 33.4 Å². The number of hydrogen-bond donors (Lipinski definition) is 1. The van der Waals surface area contributed by atoms with Crippen molar-refractivity contribution < 1.29 is 18.3 Å². The van der Waals surface area contributed by atoms with Crippen LogP contribution in [0.1, 0.15) is 17.4 Å². The largest absolute Gasteiger partial charge is 0.457 e. The number of furan rings is 1. The van der Waals surface area contributed by atoms with Crippen molar-refractivity contribution in [3.63, 3.8) is 0 Å². The van der Waals surface area contributed by atoms with Crippen molar-refractivity contribution in [1.29, 1.82) is 0 Å². The van der Waals surface area contributed by atoms with E-state index in [1.54, 1.807) is 24.3 Å². The van der Waals surface area contributed by atoms with Crippen LogP contribution in [0.5, 0.6) is 0 Å². The number of rotatable bonds is 3. The number of benzene rings is 2. The van der Waals surface area contributed by atoms with Gasteiger partial charge in [-0.2, -0.15) is 0 Å². The van der Waals surface area contributed by atoms with E-state index in [0.29, 0.717) is 16.4 Å². The summed E-state index contributed by atoms with van der Waals surface area (Å²) in [6.45, 7) is 0. The van der Waals surface area contributed by atoms with Crippen LogP contribution in [0.25, 0.3) is 11.0 Å². The van der Waals surface area contributed by atoms with Gasteiger partial charge in [0.05, 0.1) is 5.02 Å². The molecule has 3 rings (SSSR count). The van der Waals surface area contributed by atoms with Gasteiger partial charge in [0.2, 0.25) is 0 Å². The molecular weight excluding hydrogens is 298 g/mol. The van der Waals surface area contributed by atoms with E-state index in [2.05, 4.69) is 0 Å². The molecule has 21 heavy (non-hydrogen) atoms. The second-order valence-electron chi connectivity index (χ2n) is 4.76. The molecular formula is C16H11ClF2O2. The highest BCUT2D eigenvalue weighted by atomic mass is 35.5. The lowest BCUT2D eigenvalue weighted by Gasteiger charge is -2.08. The highest BCUT2D eigenvalue weighted by Gasteiger charge is 2.17. The molecule has 0 radical (unpaired) electrons. The van der Waals surface area contributed by atoms with Crippen LogP contribution in [0.2, 0.25) is 5.02 Å². The van der Waals surface area contributed by atoms with Gasteiger partial charge < -0.3 is 9.52 Å². The Morgan fingerprint density at radius 2 is 1.95 bits per heavy atom. The van der Waals surface area contributed by atoms with Crippen molar-refractivity contribution in [2.24, 2.45) is 0 Å². The molecule has 0 saturated carbocycles. The normalized spacial score (nSPS) is 12.8. The zero-order valence-corrected chi connectivity index (χ0v) is 11.6. The molecule has 0 amide bonds. The third-order valence-electron chi connectivity index (χ3n) is 3.27. The molecule has 2 nitrogen and oxygen atoms in total. The van der Waals surface area contributed by atoms with Gasteiger partial charge in [-0.3, -0.25) is 0 Å². The summed E-state index contributed by atoms with van der Waals surface area (Å²) in [6.07, 6.45) is -1.04. The average Bonchev–Trinajstić information content (AvgIpc) is 2.87. The molecule has 0 saturated heterocycles. The maximum atomic E-state index is 13.6. The molecule has 3 aromatic rings. The van der Waals surface area contributed by atoms with E-state index in [4.69, 9.17) is 16.0 Å². The summed E-state index contributed by atoms with van der Waals surface area (Å²) in [4.78, 5) is 0. The Bertz CT molecular complexity index is 798. The van der Waals surface area contributed by atoms with Gasteiger partial charge in [0.1, 0.15) is 23.5 Å². The summed E-state index contributed by atoms with van der Waals surface area (Å²) in [5.41, 5.74) is 0.697. The Morgan fingerprint density at radius 3 is 2.67 bits per heavy atom. The van der Waals surface area contributed by atoms with Crippen LogP contribution in [-0.4, -0.2) is 5.11 Å². The molecule has 1 heterocycles. The van der Waals surface area contributed by atoms with Crippen LogP contribution in [0.3, 0.4) is 0 Å². The molecule has 1 atom stereocenters. The number of aliphatic hydroxyl groups excluding tert-OH is 1. The SMILES string of the molecule is OC(Cc1ccc(F)cc1F)c1cc2cccc(Cl)c2o1. The lowest BCUT2D eigenvalue weighted by Crippen LogP contribution is -2.02. The molecule has 0 aliphatic carbocycles. The van der Waals surface area contributed by atoms with Crippen molar-refractivity contribution in [2.45, 2.75) is 12.5 Å². The molecule has 0 bridgehead atoms. The maximum Gasteiger partial charge on any atom is 0.152 e. The Labute approximate surface area is 124 Å². The fraction of sp³-hybridized carbons (Fsp3) is 0.125. The molecule has 1 N–H and O–H groups in total. The predicted molar refractivity (Wildman–Crippen MR) is 76.2 cm³/mol. The molecule has 0 aliphatic heterocycles. The molecule has 0 fully saturated rings. The summed E-state index contributed by atoms with van der Waals surface area (Å²) in [7, 11) is 0. The Morgan fingerprint density at radius 1 is 1.14 bits per heavy atom. The third-order valence-corrected chi connectivity index (χ3v) is 3.57. The van der Waals surface area contributed by atoms with E-state index in [1.807, 2.05) is 0 Å². The van der Waals surface area contributed by atoms with Gasteiger partial charge in [-0.25, -0.2) is 8.78 Å². The van der Waals surface area contributed by atoms with Gasteiger partial charge in [0, 0.05) is 17.9 Å². The smallest absolute Gasteiger partial charge is 0.152 e. The van der Waals surface area contributed by atoms with Gasteiger partial charge >= 0.3 is 0 Å². The monoisotopic (exact) mass is 308 g/mol. The molecule has 2 aromatic carbocycles. The molecule has 1 unspecified atom stereocenters. The van der Waals surface area contributed by atoms with E-state index in [-0.39, 0.29) is 12.0 Å². The van der Waals surface area contributed by atoms with Gasteiger partial charge in [0.15, 0.2) is 5.58 Å². The second kappa shape index (κ2) is 5.47.